The van der Waals surface area contributed by atoms with Gasteiger partial charge in [-0.15, -0.1) is 0 Å². The number of alkyl halides is 3. The Morgan fingerprint density at radius 3 is 2.41 bits per heavy atom. The molecule has 0 spiro atoms. The van der Waals surface area contributed by atoms with E-state index in [2.05, 4.69) is 4.98 Å². The topological polar surface area (TPSA) is 12.9 Å². The van der Waals surface area contributed by atoms with E-state index < -0.39 is 11.7 Å². The van der Waals surface area contributed by atoms with Crippen molar-refractivity contribution < 1.29 is 13.2 Å². The molecular weight excluding hydrogens is 251 g/mol. The maximum atomic E-state index is 12.5. The summed E-state index contributed by atoms with van der Waals surface area (Å²) in [6.45, 7) is 0. The fraction of sp³-hybridized carbons (Fsp3) is 0.0833. The minimum atomic E-state index is -4.35. The van der Waals surface area contributed by atoms with Crippen LogP contribution in [0.15, 0.2) is 42.7 Å². The summed E-state index contributed by atoms with van der Waals surface area (Å²) in [6.07, 6.45) is -1.44. The van der Waals surface area contributed by atoms with E-state index in [0.717, 1.165) is 12.1 Å². The first-order valence-electron chi connectivity index (χ1n) is 4.75. The maximum Gasteiger partial charge on any atom is 0.416 e. The van der Waals surface area contributed by atoms with Crippen molar-refractivity contribution in [2.75, 3.05) is 0 Å². The highest BCUT2D eigenvalue weighted by Gasteiger charge is 2.30. The molecular formula is C12H7ClF3N. The molecule has 0 aliphatic rings. The Kier molecular flexibility index (Phi) is 3.07. The summed E-state index contributed by atoms with van der Waals surface area (Å²) in [6, 6.07) is 6.63. The maximum absolute atomic E-state index is 12.5. The number of aromatic nitrogens is 1. The molecule has 2 aromatic rings. The number of benzene rings is 1. The van der Waals surface area contributed by atoms with Crippen molar-refractivity contribution in [3.05, 3.63) is 53.3 Å². The zero-order valence-corrected chi connectivity index (χ0v) is 9.26. The quantitative estimate of drug-likeness (QED) is 0.737. The third-order valence-electron chi connectivity index (χ3n) is 2.23. The van der Waals surface area contributed by atoms with Gasteiger partial charge in [0, 0.05) is 18.0 Å². The normalized spacial score (nSPS) is 11.5. The summed E-state index contributed by atoms with van der Waals surface area (Å²) >= 11 is 5.74. The Labute approximate surface area is 101 Å². The third kappa shape index (κ3) is 2.77. The highest BCUT2D eigenvalue weighted by atomic mass is 35.5. The van der Waals surface area contributed by atoms with Crippen LogP contribution in [0.4, 0.5) is 13.2 Å². The minimum absolute atomic E-state index is 0.389. The van der Waals surface area contributed by atoms with Crippen molar-refractivity contribution in [1.29, 1.82) is 0 Å². The van der Waals surface area contributed by atoms with E-state index in [0.29, 0.717) is 16.1 Å². The molecule has 1 nitrogen and oxygen atoms in total. The average molecular weight is 258 g/mol. The van der Waals surface area contributed by atoms with E-state index in [1.165, 1.54) is 18.5 Å². The van der Waals surface area contributed by atoms with Crippen molar-refractivity contribution in [2.24, 2.45) is 0 Å². The Hall–Kier alpha value is -1.55. The Balaban J connectivity index is 2.47. The van der Waals surface area contributed by atoms with Gasteiger partial charge >= 0.3 is 6.18 Å². The van der Waals surface area contributed by atoms with Gasteiger partial charge in [0.1, 0.15) is 0 Å². The van der Waals surface area contributed by atoms with Gasteiger partial charge in [0.25, 0.3) is 0 Å². The van der Waals surface area contributed by atoms with Crippen LogP contribution in [0.2, 0.25) is 5.02 Å². The molecule has 0 aliphatic carbocycles. The van der Waals surface area contributed by atoms with Crippen molar-refractivity contribution in [1.82, 2.24) is 4.98 Å². The van der Waals surface area contributed by atoms with Crippen LogP contribution in [0.1, 0.15) is 5.56 Å². The van der Waals surface area contributed by atoms with Crippen molar-refractivity contribution in [3.8, 4) is 11.1 Å². The van der Waals surface area contributed by atoms with E-state index in [9.17, 15) is 13.2 Å². The molecule has 0 radical (unpaired) electrons. The third-order valence-corrected chi connectivity index (χ3v) is 2.43. The van der Waals surface area contributed by atoms with Gasteiger partial charge in [0.05, 0.1) is 10.6 Å². The zero-order valence-electron chi connectivity index (χ0n) is 8.50. The Bertz CT molecular complexity index is 537. The van der Waals surface area contributed by atoms with Crippen molar-refractivity contribution in [2.45, 2.75) is 6.18 Å². The SMILES string of the molecule is FC(F)(F)c1cccc(-c2cncc(Cl)c2)c1. The first-order chi connectivity index (χ1) is 7.97. The summed E-state index contributed by atoms with van der Waals surface area (Å²) in [5, 5.41) is 0.389. The number of hydrogen-bond acceptors (Lipinski definition) is 1. The van der Waals surface area contributed by atoms with Crippen LogP contribution in [0.3, 0.4) is 0 Å². The Morgan fingerprint density at radius 1 is 1.00 bits per heavy atom. The van der Waals surface area contributed by atoms with Gasteiger partial charge in [-0.3, -0.25) is 4.98 Å². The second kappa shape index (κ2) is 4.37. The number of halogens is 4. The molecule has 88 valence electrons. The van der Waals surface area contributed by atoms with E-state index in [1.807, 2.05) is 0 Å². The molecule has 0 saturated heterocycles. The molecule has 17 heavy (non-hydrogen) atoms. The van der Waals surface area contributed by atoms with Gasteiger partial charge in [-0.05, 0) is 23.8 Å². The molecule has 1 aromatic carbocycles. The monoisotopic (exact) mass is 257 g/mol. The molecule has 0 amide bonds. The van der Waals surface area contributed by atoms with Crippen LogP contribution in [0, 0.1) is 0 Å². The van der Waals surface area contributed by atoms with E-state index >= 15 is 0 Å². The number of pyridine rings is 1. The van der Waals surface area contributed by atoms with Crippen molar-refractivity contribution >= 4 is 11.6 Å². The summed E-state index contributed by atoms with van der Waals surface area (Å²) in [7, 11) is 0. The predicted molar refractivity (Wildman–Crippen MR) is 59.7 cm³/mol. The predicted octanol–water partition coefficient (Wildman–Crippen LogP) is 4.42. The zero-order chi connectivity index (χ0) is 12.5. The summed E-state index contributed by atoms with van der Waals surface area (Å²) in [5.41, 5.74) is 0.313. The van der Waals surface area contributed by atoms with Gasteiger partial charge in [0.15, 0.2) is 0 Å². The fourth-order valence-corrected chi connectivity index (χ4v) is 1.62. The number of nitrogens with zero attached hydrogens (tertiary/aromatic N) is 1. The highest BCUT2D eigenvalue weighted by molar-refractivity contribution is 6.30. The van der Waals surface area contributed by atoms with Crippen LogP contribution in [0.25, 0.3) is 11.1 Å². The first kappa shape index (κ1) is 11.9. The summed E-state index contributed by atoms with van der Waals surface area (Å²) < 4.78 is 37.6. The van der Waals surface area contributed by atoms with Crippen LogP contribution >= 0.6 is 11.6 Å². The molecule has 0 saturated carbocycles. The summed E-state index contributed by atoms with van der Waals surface area (Å²) in [5.74, 6) is 0. The van der Waals surface area contributed by atoms with E-state index in [-0.39, 0.29) is 0 Å². The Morgan fingerprint density at radius 2 is 1.76 bits per heavy atom. The fourth-order valence-electron chi connectivity index (χ4n) is 1.44. The molecule has 0 bridgehead atoms. The van der Waals surface area contributed by atoms with Gasteiger partial charge < -0.3 is 0 Å². The smallest absolute Gasteiger partial charge is 0.263 e. The number of hydrogen-bond donors (Lipinski definition) is 0. The average Bonchev–Trinajstić information content (AvgIpc) is 2.28. The van der Waals surface area contributed by atoms with Crippen LogP contribution < -0.4 is 0 Å². The molecule has 0 aliphatic heterocycles. The van der Waals surface area contributed by atoms with Crippen LogP contribution in [-0.4, -0.2) is 4.98 Å². The van der Waals surface area contributed by atoms with Gasteiger partial charge in [-0.2, -0.15) is 13.2 Å². The molecule has 1 aromatic heterocycles. The molecule has 2 rings (SSSR count). The molecule has 0 atom stereocenters. The standard InChI is InChI=1S/C12H7ClF3N/c13-11-5-9(6-17-7-11)8-2-1-3-10(4-8)12(14,15)16/h1-7H. The van der Waals surface area contributed by atoms with Gasteiger partial charge in [0.2, 0.25) is 0 Å². The van der Waals surface area contributed by atoms with E-state index in [1.54, 1.807) is 12.1 Å². The lowest BCUT2D eigenvalue weighted by molar-refractivity contribution is -0.137. The van der Waals surface area contributed by atoms with Crippen LogP contribution in [0.5, 0.6) is 0 Å². The lowest BCUT2D eigenvalue weighted by Gasteiger charge is -2.08. The second-order valence-electron chi connectivity index (χ2n) is 3.47. The molecule has 1 heterocycles. The lowest BCUT2D eigenvalue weighted by atomic mass is 10.0. The van der Waals surface area contributed by atoms with Gasteiger partial charge in [-0.1, -0.05) is 23.7 Å². The highest BCUT2D eigenvalue weighted by Crippen LogP contribution is 2.32. The molecule has 0 fully saturated rings. The minimum Gasteiger partial charge on any atom is -0.263 e. The van der Waals surface area contributed by atoms with Crippen molar-refractivity contribution in [3.63, 3.8) is 0 Å². The largest absolute Gasteiger partial charge is 0.416 e. The molecule has 5 heteroatoms. The molecule has 0 unspecified atom stereocenters. The molecule has 0 N–H and O–H groups in total. The second-order valence-corrected chi connectivity index (χ2v) is 3.91. The van der Waals surface area contributed by atoms with Gasteiger partial charge in [-0.25, -0.2) is 0 Å². The summed E-state index contributed by atoms with van der Waals surface area (Å²) in [4.78, 5) is 3.84. The first-order valence-corrected chi connectivity index (χ1v) is 5.13. The van der Waals surface area contributed by atoms with Crippen LogP contribution in [-0.2, 0) is 6.18 Å². The lowest BCUT2D eigenvalue weighted by Crippen LogP contribution is -2.04. The van der Waals surface area contributed by atoms with E-state index in [4.69, 9.17) is 11.6 Å². The number of rotatable bonds is 1.